The molecule has 0 spiro atoms. The average Bonchev–Trinajstić information content (AvgIpc) is 2.41. The molecule has 18 heavy (non-hydrogen) atoms. The normalized spacial score (nSPS) is 10.1. The highest BCUT2D eigenvalue weighted by atomic mass is 35.5. The number of aliphatic hydroxyl groups excluding tert-OH is 1. The molecule has 0 aliphatic heterocycles. The van der Waals surface area contributed by atoms with Crippen LogP contribution in [-0.2, 0) is 6.61 Å². The first-order valence-corrected chi connectivity index (χ1v) is 6.35. The third-order valence-electron chi connectivity index (χ3n) is 2.26. The van der Waals surface area contributed by atoms with Gasteiger partial charge in [-0.05, 0) is 29.8 Å². The van der Waals surface area contributed by atoms with E-state index in [1.165, 1.54) is 11.8 Å². The Balaban J connectivity index is 2.29. The number of hydrogen-bond acceptors (Lipinski definition) is 4. The van der Waals surface area contributed by atoms with Gasteiger partial charge in [0.2, 0.25) is 0 Å². The quantitative estimate of drug-likeness (QED) is 0.935. The lowest BCUT2D eigenvalue weighted by Crippen LogP contribution is -1.88. The average molecular weight is 277 g/mol. The Labute approximate surface area is 114 Å². The molecule has 0 aliphatic rings. The highest BCUT2D eigenvalue weighted by molar-refractivity contribution is 7.99. The van der Waals surface area contributed by atoms with Crippen molar-refractivity contribution in [3.63, 3.8) is 0 Å². The van der Waals surface area contributed by atoms with Crippen molar-refractivity contribution in [1.29, 1.82) is 5.26 Å². The molecule has 1 aromatic carbocycles. The van der Waals surface area contributed by atoms with Crippen LogP contribution >= 0.6 is 23.4 Å². The van der Waals surface area contributed by atoms with Gasteiger partial charge in [-0.3, -0.25) is 0 Å². The predicted molar refractivity (Wildman–Crippen MR) is 70.4 cm³/mol. The van der Waals surface area contributed by atoms with E-state index >= 15 is 0 Å². The minimum atomic E-state index is -0.0706. The van der Waals surface area contributed by atoms with Crippen LogP contribution in [0, 0.1) is 11.3 Å². The van der Waals surface area contributed by atoms with Gasteiger partial charge in [-0.2, -0.15) is 5.26 Å². The van der Waals surface area contributed by atoms with Crippen molar-refractivity contribution in [2.24, 2.45) is 0 Å². The van der Waals surface area contributed by atoms with E-state index in [-0.39, 0.29) is 6.61 Å². The van der Waals surface area contributed by atoms with Crippen LogP contribution in [-0.4, -0.2) is 10.1 Å². The van der Waals surface area contributed by atoms with Crippen LogP contribution in [0.25, 0.3) is 0 Å². The van der Waals surface area contributed by atoms with Crippen molar-refractivity contribution in [3.8, 4) is 6.07 Å². The minimum Gasteiger partial charge on any atom is -0.392 e. The number of hydrogen-bond donors (Lipinski definition) is 1. The van der Waals surface area contributed by atoms with Crippen LogP contribution < -0.4 is 0 Å². The molecule has 0 amide bonds. The Kier molecular flexibility index (Phi) is 4.21. The van der Waals surface area contributed by atoms with Crippen molar-refractivity contribution in [2.75, 3.05) is 0 Å². The first-order chi connectivity index (χ1) is 8.72. The van der Waals surface area contributed by atoms with Crippen LogP contribution in [0.3, 0.4) is 0 Å². The molecule has 2 aromatic rings. The van der Waals surface area contributed by atoms with E-state index in [0.29, 0.717) is 10.6 Å². The lowest BCUT2D eigenvalue weighted by Gasteiger charge is -2.05. The molecular weight excluding hydrogens is 268 g/mol. The summed E-state index contributed by atoms with van der Waals surface area (Å²) in [6, 6.07) is 11.0. The zero-order valence-corrected chi connectivity index (χ0v) is 10.9. The molecule has 0 saturated heterocycles. The summed E-state index contributed by atoms with van der Waals surface area (Å²) in [6.07, 6.45) is 1.57. The van der Waals surface area contributed by atoms with Gasteiger partial charge in [-0.15, -0.1) is 0 Å². The second-order valence-electron chi connectivity index (χ2n) is 3.52. The van der Waals surface area contributed by atoms with Crippen molar-refractivity contribution in [1.82, 2.24) is 4.98 Å². The molecule has 0 bridgehead atoms. The smallest absolute Gasteiger partial charge is 0.101 e. The number of rotatable bonds is 3. The Morgan fingerprint density at radius 3 is 2.78 bits per heavy atom. The van der Waals surface area contributed by atoms with E-state index < -0.39 is 0 Å². The van der Waals surface area contributed by atoms with Gasteiger partial charge in [0.1, 0.15) is 11.1 Å². The van der Waals surface area contributed by atoms with Crippen LogP contribution in [0.2, 0.25) is 5.02 Å². The summed E-state index contributed by atoms with van der Waals surface area (Å²) in [4.78, 5) is 4.97. The first kappa shape index (κ1) is 12.9. The van der Waals surface area contributed by atoms with E-state index in [0.717, 1.165) is 15.5 Å². The van der Waals surface area contributed by atoms with Gasteiger partial charge in [0.15, 0.2) is 0 Å². The standard InChI is InChI=1S/C13H9ClN2OS/c14-11-2-4-13(16-7-11)18-12-3-1-9(8-17)5-10(12)6-15/h1-5,7,17H,8H2. The third kappa shape index (κ3) is 3.02. The summed E-state index contributed by atoms with van der Waals surface area (Å²) >= 11 is 7.15. The third-order valence-corrected chi connectivity index (χ3v) is 3.51. The summed E-state index contributed by atoms with van der Waals surface area (Å²) in [7, 11) is 0. The number of nitriles is 1. The summed E-state index contributed by atoms with van der Waals surface area (Å²) in [5.41, 5.74) is 1.25. The highest BCUT2D eigenvalue weighted by Crippen LogP contribution is 2.29. The molecule has 2 rings (SSSR count). The van der Waals surface area contributed by atoms with Crippen LogP contribution in [0.4, 0.5) is 0 Å². The largest absolute Gasteiger partial charge is 0.392 e. The molecule has 0 unspecified atom stereocenters. The van der Waals surface area contributed by atoms with E-state index in [4.69, 9.17) is 22.0 Å². The first-order valence-electron chi connectivity index (χ1n) is 5.16. The molecule has 5 heteroatoms. The number of pyridine rings is 1. The summed E-state index contributed by atoms with van der Waals surface area (Å²) < 4.78 is 0. The number of aliphatic hydroxyl groups is 1. The number of benzene rings is 1. The second-order valence-corrected chi connectivity index (χ2v) is 5.02. The van der Waals surface area contributed by atoms with Gasteiger partial charge in [0.25, 0.3) is 0 Å². The van der Waals surface area contributed by atoms with Crippen LogP contribution in [0.5, 0.6) is 0 Å². The number of halogens is 1. The molecule has 3 nitrogen and oxygen atoms in total. The fourth-order valence-electron chi connectivity index (χ4n) is 1.39. The van der Waals surface area contributed by atoms with Crippen molar-refractivity contribution < 1.29 is 5.11 Å². The summed E-state index contributed by atoms with van der Waals surface area (Å²) in [5, 5.41) is 19.4. The zero-order chi connectivity index (χ0) is 13.0. The van der Waals surface area contributed by atoms with Crippen molar-refractivity contribution in [2.45, 2.75) is 16.5 Å². The molecule has 1 N–H and O–H groups in total. The van der Waals surface area contributed by atoms with E-state index in [1.807, 2.05) is 6.07 Å². The predicted octanol–water partition coefficient (Wildman–Crippen LogP) is 3.25. The lowest BCUT2D eigenvalue weighted by atomic mass is 10.1. The molecule has 0 fully saturated rings. The maximum absolute atomic E-state index is 9.07. The van der Waals surface area contributed by atoms with Crippen molar-refractivity contribution in [3.05, 3.63) is 52.7 Å². The molecule has 1 aromatic heterocycles. The molecule has 0 radical (unpaired) electrons. The van der Waals surface area contributed by atoms with Gasteiger partial charge in [-0.1, -0.05) is 29.4 Å². The Morgan fingerprint density at radius 1 is 1.33 bits per heavy atom. The van der Waals surface area contributed by atoms with E-state index in [2.05, 4.69) is 11.1 Å². The molecule has 0 aliphatic carbocycles. The Bertz CT molecular complexity index is 593. The van der Waals surface area contributed by atoms with Crippen LogP contribution in [0.1, 0.15) is 11.1 Å². The Morgan fingerprint density at radius 2 is 2.17 bits per heavy atom. The summed E-state index contributed by atoms with van der Waals surface area (Å²) in [6.45, 7) is -0.0706. The van der Waals surface area contributed by atoms with Crippen molar-refractivity contribution >= 4 is 23.4 Å². The van der Waals surface area contributed by atoms with E-state index in [9.17, 15) is 0 Å². The molecule has 1 heterocycles. The highest BCUT2D eigenvalue weighted by Gasteiger charge is 2.06. The molecule has 0 saturated carbocycles. The van der Waals surface area contributed by atoms with Gasteiger partial charge in [0, 0.05) is 11.1 Å². The van der Waals surface area contributed by atoms with Crippen LogP contribution in [0.15, 0.2) is 46.5 Å². The second kappa shape index (κ2) is 5.87. The molecular formula is C13H9ClN2OS. The molecule has 0 atom stereocenters. The maximum atomic E-state index is 9.07. The van der Waals surface area contributed by atoms with E-state index in [1.54, 1.807) is 30.5 Å². The zero-order valence-electron chi connectivity index (χ0n) is 9.30. The fraction of sp³-hybridized carbons (Fsp3) is 0.0769. The van der Waals surface area contributed by atoms with Gasteiger partial charge in [0.05, 0.1) is 17.2 Å². The lowest BCUT2D eigenvalue weighted by molar-refractivity contribution is 0.281. The number of aromatic nitrogens is 1. The SMILES string of the molecule is N#Cc1cc(CO)ccc1Sc1ccc(Cl)cn1. The topological polar surface area (TPSA) is 56.9 Å². The van der Waals surface area contributed by atoms with Gasteiger partial charge in [-0.25, -0.2) is 4.98 Å². The Hall–Kier alpha value is -1.54. The molecule has 90 valence electrons. The monoisotopic (exact) mass is 276 g/mol. The van der Waals surface area contributed by atoms with Gasteiger partial charge < -0.3 is 5.11 Å². The fourth-order valence-corrected chi connectivity index (χ4v) is 2.32. The maximum Gasteiger partial charge on any atom is 0.101 e. The summed E-state index contributed by atoms with van der Waals surface area (Å²) in [5.74, 6) is 0. The van der Waals surface area contributed by atoms with Gasteiger partial charge >= 0.3 is 0 Å². The minimum absolute atomic E-state index is 0.0706. The number of nitrogens with zero attached hydrogens (tertiary/aromatic N) is 2.